The molecule has 0 radical (unpaired) electrons. The predicted molar refractivity (Wildman–Crippen MR) is 47.3 cm³/mol. The second-order valence-corrected chi connectivity index (χ2v) is 4.71. The standard InChI is InChI=1S/C10H18O/c1-10(2,3)7-8-4-5-9(11)6-8/h4-5,8-9,11H,6-7H2,1-3H3/t8-,9+/m1/s1. The van der Waals surface area contributed by atoms with Crippen LogP contribution in [0.5, 0.6) is 0 Å². The quantitative estimate of drug-likeness (QED) is 0.575. The Bertz CT molecular complexity index is 153. The summed E-state index contributed by atoms with van der Waals surface area (Å²) in [5.74, 6) is 0.602. The van der Waals surface area contributed by atoms with Crippen molar-refractivity contribution in [2.75, 3.05) is 0 Å². The molecule has 0 aromatic carbocycles. The number of hydrogen-bond donors (Lipinski definition) is 1. The second-order valence-electron chi connectivity index (χ2n) is 4.71. The van der Waals surface area contributed by atoms with Crippen LogP contribution in [-0.2, 0) is 0 Å². The van der Waals surface area contributed by atoms with Crippen molar-refractivity contribution in [2.24, 2.45) is 11.3 Å². The van der Waals surface area contributed by atoms with Crippen molar-refractivity contribution in [1.29, 1.82) is 0 Å². The Hall–Kier alpha value is -0.300. The summed E-state index contributed by atoms with van der Waals surface area (Å²) >= 11 is 0. The fourth-order valence-electron chi connectivity index (χ4n) is 1.69. The van der Waals surface area contributed by atoms with E-state index >= 15 is 0 Å². The summed E-state index contributed by atoms with van der Waals surface area (Å²) in [6, 6.07) is 0. The van der Waals surface area contributed by atoms with Crippen molar-refractivity contribution < 1.29 is 5.11 Å². The van der Waals surface area contributed by atoms with Crippen molar-refractivity contribution in [3.8, 4) is 0 Å². The van der Waals surface area contributed by atoms with Gasteiger partial charge >= 0.3 is 0 Å². The Morgan fingerprint density at radius 2 is 2.00 bits per heavy atom. The number of rotatable bonds is 1. The van der Waals surface area contributed by atoms with Crippen LogP contribution in [0.3, 0.4) is 0 Å². The highest BCUT2D eigenvalue weighted by molar-refractivity contribution is 5.03. The van der Waals surface area contributed by atoms with Gasteiger partial charge < -0.3 is 5.11 Å². The van der Waals surface area contributed by atoms with Crippen LogP contribution in [0.1, 0.15) is 33.6 Å². The van der Waals surface area contributed by atoms with Gasteiger partial charge in [-0.3, -0.25) is 0 Å². The monoisotopic (exact) mass is 154 g/mol. The van der Waals surface area contributed by atoms with Gasteiger partial charge in [0.05, 0.1) is 6.10 Å². The summed E-state index contributed by atoms with van der Waals surface area (Å²) in [7, 11) is 0. The molecule has 0 unspecified atom stereocenters. The highest BCUT2D eigenvalue weighted by Gasteiger charge is 2.22. The predicted octanol–water partition coefficient (Wildman–Crippen LogP) is 2.36. The van der Waals surface area contributed by atoms with Crippen molar-refractivity contribution in [2.45, 2.75) is 39.7 Å². The van der Waals surface area contributed by atoms with Gasteiger partial charge in [-0.2, -0.15) is 0 Å². The van der Waals surface area contributed by atoms with Crippen LogP contribution in [0.25, 0.3) is 0 Å². The molecule has 1 aliphatic carbocycles. The van der Waals surface area contributed by atoms with E-state index < -0.39 is 0 Å². The van der Waals surface area contributed by atoms with E-state index in [1.807, 2.05) is 6.08 Å². The van der Waals surface area contributed by atoms with Crippen LogP contribution < -0.4 is 0 Å². The van der Waals surface area contributed by atoms with Crippen LogP contribution >= 0.6 is 0 Å². The summed E-state index contributed by atoms with van der Waals surface area (Å²) in [4.78, 5) is 0. The van der Waals surface area contributed by atoms with E-state index in [9.17, 15) is 5.11 Å². The number of allylic oxidation sites excluding steroid dienone is 1. The molecule has 0 aromatic rings. The average molecular weight is 154 g/mol. The third kappa shape index (κ3) is 3.06. The topological polar surface area (TPSA) is 20.2 Å². The molecule has 0 heterocycles. The fourth-order valence-corrected chi connectivity index (χ4v) is 1.69. The molecule has 0 saturated carbocycles. The lowest BCUT2D eigenvalue weighted by Gasteiger charge is -2.21. The third-order valence-corrected chi connectivity index (χ3v) is 2.02. The molecule has 0 amide bonds. The lowest BCUT2D eigenvalue weighted by atomic mass is 9.84. The highest BCUT2D eigenvalue weighted by Crippen LogP contribution is 2.30. The first kappa shape index (κ1) is 8.79. The maximum atomic E-state index is 9.21. The summed E-state index contributed by atoms with van der Waals surface area (Å²) in [5.41, 5.74) is 0.388. The summed E-state index contributed by atoms with van der Waals surface area (Å²) in [6.45, 7) is 6.72. The highest BCUT2D eigenvalue weighted by atomic mass is 16.3. The summed E-state index contributed by atoms with van der Waals surface area (Å²) in [6.07, 6.45) is 5.99. The van der Waals surface area contributed by atoms with Crippen LogP contribution in [0.2, 0.25) is 0 Å². The maximum Gasteiger partial charge on any atom is 0.0726 e. The van der Waals surface area contributed by atoms with Gasteiger partial charge in [-0.05, 0) is 24.2 Å². The minimum atomic E-state index is -0.178. The molecule has 1 aliphatic rings. The van der Waals surface area contributed by atoms with E-state index in [1.165, 1.54) is 6.42 Å². The van der Waals surface area contributed by atoms with Gasteiger partial charge in [-0.1, -0.05) is 32.9 Å². The Morgan fingerprint density at radius 1 is 1.36 bits per heavy atom. The van der Waals surface area contributed by atoms with E-state index in [1.54, 1.807) is 0 Å². The minimum absolute atomic E-state index is 0.178. The molecule has 1 N–H and O–H groups in total. The van der Waals surface area contributed by atoms with E-state index in [-0.39, 0.29) is 6.10 Å². The lowest BCUT2D eigenvalue weighted by Crippen LogP contribution is -2.12. The first-order valence-corrected chi connectivity index (χ1v) is 4.34. The van der Waals surface area contributed by atoms with Gasteiger partial charge in [0.15, 0.2) is 0 Å². The van der Waals surface area contributed by atoms with Crippen molar-refractivity contribution in [3.05, 3.63) is 12.2 Å². The third-order valence-electron chi connectivity index (χ3n) is 2.02. The Kier molecular flexibility index (Phi) is 2.38. The molecule has 1 heteroatoms. The molecule has 0 spiro atoms. The smallest absolute Gasteiger partial charge is 0.0726 e. The molecular formula is C10H18O. The number of aliphatic hydroxyl groups is 1. The SMILES string of the molecule is CC(C)(C)C[C@@H]1C=C[C@H](O)C1. The maximum absolute atomic E-state index is 9.21. The van der Waals surface area contributed by atoms with Gasteiger partial charge in [0.2, 0.25) is 0 Å². The van der Waals surface area contributed by atoms with Crippen LogP contribution in [0.4, 0.5) is 0 Å². The molecular weight excluding hydrogens is 136 g/mol. The van der Waals surface area contributed by atoms with E-state index in [2.05, 4.69) is 26.8 Å². The number of hydrogen-bond acceptors (Lipinski definition) is 1. The second kappa shape index (κ2) is 2.98. The molecule has 11 heavy (non-hydrogen) atoms. The Balaban J connectivity index is 2.36. The first-order chi connectivity index (χ1) is 4.97. The van der Waals surface area contributed by atoms with Crippen molar-refractivity contribution in [3.63, 3.8) is 0 Å². The molecule has 0 saturated heterocycles. The lowest BCUT2D eigenvalue weighted by molar-refractivity contribution is 0.196. The summed E-state index contributed by atoms with van der Waals surface area (Å²) in [5, 5.41) is 9.21. The van der Waals surface area contributed by atoms with Gasteiger partial charge in [0.1, 0.15) is 0 Å². The van der Waals surface area contributed by atoms with Gasteiger partial charge in [-0.15, -0.1) is 0 Å². The molecule has 64 valence electrons. The molecule has 0 aromatic heterocycles. The molecule has 2 atom stereocenters. The fraction of sp³-hybridized carbons (Fsp3) is 0.800. The molecule has 1 nitrogen and oxygen atoms in total. The minimum Gasteiger partial charge on any atom is -0.389 e. The van der Waals surface area contributed by atoms with Crippen LogP contribution in [0, 0.1) is 11.3 Å². The molecule has 0 fully saturated rings. The van der Waals surface area contributed by atoms with Crippen LogP contribution in [0.15, 0.2) is 12.2 Å². The Labute approximate surface area is 69.1 Å². The number of aliphatic hydroxyl groups excluding tert-OH is 1. The zero-order valence-electron chi connectivity index (χ0n) is 7.67. The largest absolute Gasteiger partial charge is 0.389 e. The van der Waals surface area contributed by atoms with Crippen molar-refractivity contribution >= 4 is 0 Å². The molecule has 0 aliphatic heterocycles. The van der Waals surface area contributed by atoms with Crippen LogP contribution in [-0.4, -0.2) is 11.2 Å². The van der Waals surface area contributed by atoms with Gasteiger partial charge in [0.25, 0.3) is 0 Å². The van der Waals surface area contributed by atoms with E-state index in [0.717, 1.165) is 6.42 Å². The van der Waals surface area contributed by atoms with Gasteiger partial charge in [0, 0.05) is 0 Å². The molecule has 0 bridgehead atoms. The zero-order valence-corrected chi connectivity index (χ0v) is 7.67. The molecule has 1 rings (SSSR count). The van der Waals surface area contributed by atoms with E-state index in [4.69, 9.17) is 0 Å². The zero-order chi connectivity index (χ0) is 8.48. The van der Waals surface area contributed by atoms with Gasteiger partial charge in [-0.25, -0.2) is 0 Å². The van der Waals surface area contributed by atoms with E-state index in [0.29, 0.717) is 11.3 Å². The first-order valence-electron chi connectivity index (χ1n) is 4.34. The average Bonchev–Trinajstić information content (AvgIpc) is 2.10. The normalized spacial score (nSPS) is 31.3. The summed E-state index contributed by atoms with van der Waals surface area (Å²) < 4.78 is 0. The van der Waals surface area contributed by atoms with Crippen molar-refractivity contribution in [1.82, 2.24) is 0 Å². The Morgan fingerprint density at radius 3 is 2.36 bits per heavy atom.